The highest BCUT2D eigenvalue weighted by Gasteiger charge is 2.09. The largest absolute Gasteiger partial charge is 0.482 e. The highest BCUT2D eigenvalue weighted by atomic mass is 16.6. The van der Waals surface area contributed by atoms with E-state index < -0.39 is 5.97 Å². The van der Waals surface area contributed by atoms with Gasteiger partial charge in [-0.1, -0.05) is 35.9 Å². The van der Waals surface area contributed by atoms with Crippen molar-refractivity contribution < 1.29 is 19.1 Å². The minimum absolute atomic E-state index is 0.184. The van der Waals surface area contributed by atoms with Gasteiger partial charge < -0.3 is 14.8 Å². The SMILES string of the molecule is Cc1cccc(C(=O)Nc2ccc(OC(=O)COc3ccccc3C)cc2)c1. The normalized spacial score (nSPS) is 10.2. The molecule has 0 aliphatic heterocycles. The summed E-state index contributed by atoms with van der Waals surface area (Å²) in [5, 5.41) is 2.81. The van der Waals surface area contributed by atoms with Crippen molar-refractivity contribution in [2.75, 3.05) is 11.9 Å². The predicted molar refractivity (Wildman–Crippen MR) is 108 cm³/mol. The molecule has 0 saturated heterocycles. The number of nitrogens with one attached hydrogen (secondary N) is 1. The highest BCUT2D eigenvalue weighted by molar-refractivity contribution is 6.04. The van der Waals surface area contributed by atoms with Gasteiger partial charge in [0.2, 0.25) is 0 Å². The monoisotopic (exact) mass is 375 g/mol. The summed E-state index contributed by atoms with van der Waals surface area (Å²) in [6.45, 7) is 3.66. The van der Waals surface area contributed by atoms with Crippen LogP contribution in [0.15, 0.2) is 72.8 Å². The summed E-state index contributed by atoms with van der Waals surface area (Å²) in [6.07, 6.45) is 0. The van der Waals surface area contributed by atoms with E-state index in [4.69, 9.17) is 9.47 Å². The molecule has 1 amide bonds. The summed E-state index contributed by atoms with van der Waals surface area (Å²) >= 11 is 0. The molecule has 0 unspecified atom stereocenters. The Labute approximate surface area is 163 Å². The van der Waals surface area contributed by atoms with Crippen molar-refractivity contribution in [1.82, 2.24) is 0 Å². The second-order valence-electron chi connectivity index (χ2n) is 6.38. The maximum absolute atomic E-state index is 12.3. The third kappa shape index (κ3) is 5.20. The number of ether oxygens (including phenoxy) is 2. The van der Waals surface area contributed by atoms with Crippen molar-refractivity contribution in [2.45, 2.75) is 13.8 Å². The number of hydrogen-bond donors (Lipinski definition) is 1. The Bertz CT molecular complexity index is 980. The molecule has 0 atom stereocenters. The fraction of sp³-hybridized carbons (Fsp3) is 0.130. The van der Waals surface area contributed by atoms with E-state index in [0.717, 1.165) is 11.1 Å². The van der Waals surface area contributed by atoms with Gasteiger partial charge in [-0.2, -0.15) is 0 Å². The maximum atomic E-state index is 12.3. The molecule has 3 rings (SSSR count). The van der Waals surface area contributed by atoms with E-state index in [2.05, 4.69) is 5.32 Å². The standard InChI is InChI=1S/C23H21NO4/c1-16-6-5-8-18(14-16)23(26)24-19-10-12-20(13-11-19)28-22(25)15-27-21-9-4-3-7-17(21)2/h3-14H,15H2,1-2H3,(H,24,26). The maximum Gasteiger partial charge on any atom is 0.349 e. The lowest BCUT2D eigenvalue weighted by atomic mass is 10.1. The zero-order valence-electron chi connectivity index (χ0n) is 15.8. The van der Waals surface area contributed by atoms with Crippen LogP contribution in [0.4, 0.5) is 5.69 Å². The Hall–Kier alpha value is -3.60. The predicted octanol–water partition coefficient (Wildman–Crippen LogP) is 4.54. The first-order chi connectivity index (χ1) is 13.5. The van der Waals surface area contributed by atoms with Crippen molar-refractivity contribution in [3.63, 3.8) is 0 Å². The number of amides is 1. The number of rotatable bonds is 6. The number of anilines is 1. The molecule has 0 saturated carbocycles. The fourth-order valence-corrected chi connectivity index (χ4v) is 2.61. The summed E-state index contributed by atoms with van der Waals surface area (Å²) in [7, 11) is 0. The number of para-hydroxylation sites is 1. The Balaban J connectivity index is 1.53. The molecule has 0 aliphatic rings. The van der Waals surface area contributed by atoms with Gasteiger partial charge in [-0.3, -0.25) is 4.79 Å². The van der Waals surface area contributed by atoms with Gasteiger partial charge in [0.05, 0.1) is 0 Å². The van der Waals surface area contributed by atoms with E-state index >= 15 is 0 Å². The molecule has 0 aromatic heterocycles. The molecule has 3 aromatic carbocycles. The van der Waals surface area contributed by atoms with Crippen LogP contribution in [0.2, 0.25) is 0 Å². The molecule has 5 heteroatoms. The zero-order chi connectivity index (χ0) is 19.9. The number of esters is 1. The summed E-state index contributed by atoms with van der Waals surface area (Å²) < 4.78 is 10.7. The van der Waals surface area contributed by atoms with Crippen molar-refractivity contribution in [2.24, 2.45) is 0 Å². The number of hydrogen-bond acceptors (Lipinski definition) is 4. The van der Waals surface area contributed by atoms with Crippen molar-refractivity contribution >= 4 is 17.6 Å². The number of carbonyl (C=O) groups is 2. The van der Waals surface area contributed by atoms with E-state index in [1.165, 1.54) is 0 Å². The Morgan fingerprint density at radius 1 is 0.893 bits per heavy atom. The lowest BCUT2D eigenvalue weighted by molar-refractivity contribution is -0.136. The van der Waals surface area contributed by atoms with E-state index in [-0.39, 0.29) is 12.5 Å². The first-order valence-corrected chi connectivity index (χ1v) is 8.88. The van der Waals surface area contributed by atoms with Gasteiger partial charge in [-0.25, -0.2) is 4.79 Å². The molecule has 0 radical (unpaired) electrons. The molecule has 5 nitrogen and oxygen atoms in total. The van der Waals surface area contributed by atoms with Crippen molar-refractivity contribution in [1.29, 1.82) is 0 Å². The van der Waals surface area contributed by atoms with E-state index in [1.807, 2.05) is 50.2 Å². The van der Waals surface area contributed by atoms with Crippen molar-refractivity contribution in [3.8, 4) is 11.5 Å². The molecule has 142 valence electrons. The molecule has 3 aromatic rings. The Kier molecular flexibility index (Phi) is 6.07. The van der Waals surface area contributed by atoms with Crippen LogP contribution in [0.25, 0.3) is 0 Å². The molecular weight excluding hydrogens is 354 g/mol. The minimum atomic E-state index is -0.500. The van der Waals surface area contributed by atoms with Crippen LogP contribution in [0, 0.1) is 13.8 Å². The number of benzene rings is 3. The third-order valence-electron chi connectivity index (χ3n) is 4.06. The summed E-state index contributed by atoms with van der Waals surface area (Å²) in [5.41, 5.74) is 3.16. The highest BCUT2D eigenvalue weighted by Crippen LogP contribution is 2.18. The average Bonchev–Trinajstić information content (AvgIpc) is 2.69. The molecule has 1 N–H and O–H groups in total. The van der Waals surface area contributed by atoms with Crippen LogP contribution in [0.1, 0.15) is 21.5 Å². The quantitative estimate of drug-likeness (QED) is 0.507. The zero-order valence-corrected chi connectivity index (χ0v) is 15.8. The van der Waals surface area contributed by atoms with Gasteiger partial charge in [0.1, 0.15) is 11.5 Å². The summed E-state index contributed by atoms with van der Waals surface area (Å²) in [5.74, 6) is 0.334. The second-order valence-corrected chi connectivity index (χ2v) is 6.38. The van der Waals surface area contributed by atoms with Crippen LogP contribution in [-0.2, 0) is 4.79 Å². The van der Waals surface area contributed by atoms with Crippen LogP contribution >= 0.6 is 0 Å². The molecule has 0 spiro atoms. The Morgan fingerprint density at radius 3 is 2.36 bits per heavy atom. The average molecular weight is 375 g/mol. The molecule has 0 fully saturated rings. The Morgan fingerprint density at radius 2 is 1.64 bits per heavy atom. The van der Waals surface area contributed by atoms with Gasteiger partial charge in [0.25, 0.3) is 5.91 Å². The van der Waals surface area contributed by atoms with Gasteiger partial charge in [0, 0.05) is 11.3 Å². The molecule has 0 aliphatic carbocycles. The minimum Gasteiger partial charge on any atom is -0.482 e. The van der Waals surface area contributed by atoms with E-state index in [0.29, 0.717) is 22.7 Å². The molecule has 28 heavy (non-hydrogen) atoms. The van der Waals surface area contributed by atoms with Gasteiger partial charge >= 0.3 is 5.97 Å². The van der Waals surface area contributed by atoms with Crippen LogP contribution in [0.3, 0.4) is 0 Å². The number of carbonyl (C=O) groups excluding carboxylic acids is 2. The van der Waals surface area contributed by atoms with Crippen LogP contribution in [-0.4, -0.2) is 18.5 Å². The summed E-state index contributed by atoms with van der Waals surface area (Å²) in [4.78, 5) is 24.2. The smallest absolute Gasteiger partial charge is 0.349 e. The number of aryl methyl sites for hydroxylation is 2. The summed E-state index contributed by atoms with van der Waals surface area (Å²) in [6, 6.07) is 21.4. The fourth-order valence-electron chi connectivity index (χ4n) is 2.61. The van der Waals surface area contributed by atoms with Gasteiger partial charge in [0.15, 0.2) is 6.61 Å². The molecular formula is C23H21NO4. The van der Waals surface area contributed by atoms with Gasteiger partial charge in [-0.05, 0) is 61.9 Å². The second kappa shape index (κ2) is 8.86. The topological polar surface area (TPSA) is 64.6 Å². The van der Waals surface area contributed by atoms with E-state index in [9.17, 15) is 9.59 Å². The van der Waals surface area contributed by atoms with E-state index in [1.54, 1.807) is 36.4 Å². The lowest BCUT2D eigenvalue weighted by Crippen LogP contribution is -2.18. The van der Waals surface area contributed by atoms with Crippen LogP contribution in [0.5, 0.6) is 11.5 Å². The molecule has 0 heterocycles. The van der Waals surface area contributed by atoms with Crippen LogP contribution < -0.4 is 14.8 Å². The van der Waals surface area contributed by atoms with Gasteiger partial charge in [-0.15, -0.1) is 0 Å². The lowest BCUT2D eigenvalue weighted by Gasteiger charge is -2.09. The molecule has 0 bridgehead atoms. The third-order valence-corrected chi connectivity index (χ3v) is 4.06. The van der Waals surface area contributed by atoms with Crippen molar-refractivity contribution in [3.05, 3.63) is 89.5 Å². The first kappa shape index (κ1) is 19.2. The first-order valence-electron chi connectivity index (χ1n) is 8.88.